The van der Waals surface area contributed by atoms with Crippen LogP contribution in [0.1, 0.15) is 25.0 Å². The molecule has 0 radical (unpaired) electrons. The van der Waals surface area contributed by atoms with Gasteiger partial charge in [0.1, 0.15) is 11.2 Å². The summed E-state index contributed by atoms with van der Waals surface area (Å²) in [6.45, 7) is 4.71. The van der Waals surface area contributed by atoms with Gasteiger partial charge in [0.05, 0.1) is 0 Å². The number of fused-ring (bicyclic) bond motifs is 18. The van der Waals surface area contributed by atoms with E-state index in [0.717, 1.165) is 113 Å². The molecule has 1 aromatic heterocycles. The van der Waals surface area contributed by atoms with E-state index >= 15 is 0 Å². The zero-order valence-corrected chi connectivity index (χ0v) is 61.2. The summed E-state index contributed by atoms with van der Waals surface area (Å²) in [4.78, 5) is 4.65. The minimum atomic E-state index is -2.97. The molecule has 0 saturated heterocycles. The van der Waals surface area contributed by atoms with E-state index in [1.54, 1.807) is 0 Å². The minimum absolute atomic E-state index is 0.0811. The smallest absolute Gasteiger partial charge is 0.181 e. The number of rotatable bonds is 10. The summed E-state index contributed by atoms with van der Waals surface area (Å²) < 4.78 is 33.2. The van der Waals surface area contributed by atoms with Crippen LogP contribution < -0.4 is 70.2 Å². The Morgan fingerprint density at radius 3 is 1.09 bits per heavy atom. The molecule has 108 heavy (non-hydrogen) atoms. The molecular formula is C99H68N2O5Si2. The summed E-state index contributed by atoms with van der Waals surface area (Å²) in [5.41, 5.74) is 18.4. The van der Waals surface area contributed by atoms with Gasteiger partial charge in [0.15, 0.2) is 62.1 Å². The molecule has 2 atom stereocenters. The normalized spacial score (nSPS) is 15.8. The molecule has 512 valence electrons. The predicted octanol–water partition coefficient (Wildman–Crippen LogP) is 21.0. The van der Waals surface area contributed by atoms with Gasteiger partial charge < -0.3 is 33.2 Å². The number of ether oxygens (including phenoxy) is 4. The van der Waals surface area contributed by atoms with Crippen molar-refractivity contribution in [2.45, 2.75) is 19.3 Å². The summed E-state index contributed by atoms with van der Waals surface area (Å²) in [5, 5.41) is 12.7. The fourth-order valence-electron chi connectivity index (χ4n) is 18.1. The first kappa shape index (κ1) is 63.1. The van der Waals surface area contributed by atoms with Gasteiger partial charge in [-0.3, -0.25) is 0 Å². The second-order valence-electron chi connectivity index (χ2n) is 28.9. The molecule has 17 aromatic rings. The van der Waals surface area contributed by atoms with E-state index in [4.69, 9.17) is 23.4 Å². The summed E-state index contributed by atoms with van der Waals surface area (Å²) in [6, 6.07) is 135. The summed E-state index contributed by atoms with van der Waals surface area (Å²) in [6.07, 6.45) is 0. The Hall–Kier alpha value is -13.4. The van der Waals surface area contributed by atoms with Crippen LogP contribution in [-0.2, 0) is 5.41 Å². The topological polar surface area (TPSA) is 56.5 Å². The third kappa shape index (κ3) is 9.58. The zero-order valence-electron chi connectivity index (χ0n) is 59.2. The molecule has 0 spiro atoms. The van der Waals surface area contributed by atoms with Crippen molar-refractivity contribution in [1.29, 1.82) is 0 Å². The van der Waals surface area contributed by atoms with E-state index in [9.17, 15) is 0 Å². The van der Waals surface area contributed by atoms with E-state index < -0.39 is 16.1 Å². The second-order valence-corrected chi connectivity index (χ2v) is 36.3. The van der Waals surface area contributed by atoms with Crippen LogP contribution in [0.2, 0.25) is 0 Å². The molecule has 5 aliphatic rings. The molecule has 4 aliphatic heterocycles. The van der Waals surface area contributed by atoms with Crippen molar-refractivity contribution in [3.8, 4) is 79.4 Å². The lowest BCUT2D eigenvalue weighted by atomic mass is 9.82. The maximum atomic E-state index is 6.83. The number of furan rings is 1. The molecule has 9 heteroatoms. The largest absolute Gasteiger partial charge is 0.456 e. The Morgan fingerprint density at radius 2 is 0.602 bits per heavy atom. The van der Waals surface area contributed by atoms with E-state index in [-0.39, 0.29) is 5.41 Å². The van der Waals surface area contributed by atoms with Crippen LogP contribution in [0, 0.1) is 0 Å². The van der Waals surface area contributed by atoms with E-state index in [0.29, 0.717) is 0 Å². The van der Waals surface area contributed by atoms with Crippen molar-refractivity contribution >= 4 is 114 Å². The highest BCUT2D eigenvalue weighted by atomic mass is 28.3. The van der Waals surface area contributed by atoms with Gasteiger partial charge in [-0.15, -0.1) is 0 Å². The average molecular weight is 1420 g/mol. The van der Waals surface area contributed by atoms with Crippen LogP contribution in [0.5, 0.6) is 46.0 Å². The van der Waals surface area contributed by atoms with Gasteiger partial charge in [-0.2, -0.15) is 0 Å². The zero-order chi connectivity index (χ0) is 71.7. The number of nitrogens with zero attached hydrogens (tertiary/aromatic N) is 2. The Bertz CT molecular complexity index is 6350. The van der Waals surface area contributed by atoms with Crippen LogP contribution in [0.3, 0.4) is 0 Å². The van der Waals surface area contributed by atoms with Crippen molar-refractivity contribution in [3.63, 3.8) is 0 Å². The number of hydrogen-bond donors (Lipinski definition) is 0. The molecule has 16 aromatic carbocycles. The van der Waals surface area contributed by atoms with E-state index in [1.165, 1.54) is 74.9 Å². The lowest BCUT2D eigenvalue weighted by Crippen LogP contribution is -2.72. The van der Waals surface area contributed by atoms with Crippen LogP contribution >= 0.6 is 0 Å². The highest BCUT2D eigenvalue weighted by molar-refractivity contribution is 7.23. The summed E-state index contributed by atoms with van der Waals surface area (Å²) in [5.74, 6) is 5.96. The van der Waals surface area contributed by atoms with Crippen LogP contribution in [0.4, 0.5) is 34.1 Å². The van der Waals surface area contributed by atoms with Crippen molar-refractivity contribution in [2.24, 2.45) is 0 Å². The van der Waals surface area contributed by atoms with Gasteiger partial charge >= 0.3 is 0 Å². The SMILES string of the molecule is CC1(C)c2ccccc2-c2cc([Si]3(c4ccc(N(c5ccccc5)c5ccccc5)cc4)c4ccccc4-c4c3ccc3c4Oc4ccccc4O3)ccc21.c1ccc(N(c2ccccc2)c2ccc([Si]3(c4ccc5c(c4)oc4ccccc45)c4ccccc4-c4c3ccc3c4Oc4ccccc4O3)cc2)cc1. The quantitative estimate of drug-likeness (QED) is 0.126. The van der Waals surface area contributed by atoms with Gasteiger partial charge in [-0.1, -0.05) is 269 Å². The Balaban J connectivity index is 0.000000138. The van der Waals surface area contributed by atoms with Gasteiger partial charge in [-0.25, -0.2) is 0 Å². The fraction of sp³-hybridized carbons (Fsp3) is 0.0303. The molecule has 7 nitrogen and oxygen atoms in total. The van der Waals surface area contributed by atoms with Crippen LogP contribution in [0.15, 0.2) is 381 Å². The summed E-state index contributed by atoms with van der Waals surface area (Å²) in [7, 11) is -5.93. The lowest BCUT2D eigenvalue weighted by molar-refractivity contribution is 0.361. The second kappa shape index (κ2) is 24.9. The van der Waals surface area contributed by atoms with Crippen molar-refractivity contribution in [1.82, 2.24) is 0 Å². The minimum Gasteiger partial charge on any atom is -0.456 e. The van der Waals surface area contributed by atoms with Crippen molar-refractivity contribution in [2.75, 3.05) is 9.80 Å². The third-order valence-corrected chi connectivity index (χ3v) is 32.5. The maximum absolute atomic E-state index is 6.83. The van der Waals surface area contributed by atoms with E-state index in [2.05, 4.69) is 339 Å². The molecule has 0 N–H and O–H groups in total. The molecular weight excluding hydrogens is 1350 g/mol. The Morgan fingerprint density at radius 1 is 0.241 bits per heavy atom. The monoisotopic (exact) mass is 1420 g/mol. The fourth-order valence-corrected chi connectivity index (χ4v) is 28.4. The molecule has 0 saturated carbocycles. The predicted molar refractivity (Wildman–Crippen MR) is 445 cm³/mol. The van der Waals surface area contributed by atoms with Gasteiger partial charge in [0, 0.05) is 61.4 Å². The maximum Gasteiger partial charge on any atom is 0.181 e. The molecule has 0 bridgehead atoms. The molecule has 2 unspecified atom stereocenters. The number of benzene rings is 16. The summed E-state index contributed by atoms with van der Waals surface area (Å²) >= 11 is 0. The molecule has 0 amide bonds. The molecule has 5 heterocycles. The van der Waals surface area contributed by atoms with E-state index in [1.807, 2.05) is 60.7 Å². The van der Waals surface area contributed by atoms with Crippen LogP contribution in [-0.4, -0.2) is 16.1 Å². The van der Waals surface area contributed by atoms with Gasteiger partial charge in [-0.05, 0) is 196 Å². The number of para-hydroxylation sites is 9. The Labute approximate surface area is 628 Å². The molecule has 1 aliphatic carbocycles. The van der Waals surface area contributed by atoms with Crippen molar-refractivity contribution in [3.05, 3.63) is 387 Å². The highest BCUT2D eigenvalue weighted by Gasteiger charge is 2.53. The number of anilines is 6. The Kier molecular flexibility index (Phi) is 14.5. The van der Waals surface area contributed by atoms with Crippen molar-refractivity contribution < 1.29 is 23.4 Å². The van der Waals surface area contributed by atoms with Crippen LogP contribution in [0.25, 0.3) is 55.3 Å². The molecule has 0 fully saturated rings. The van der Waals surface area contributed by atoms with Gasteiger partial charge in [0.25, 0.3) is 0 Å². The molecule has 22 rings (SSSR count). The highest BCUT2D eigenvalue weighted by Crippen LogP contribution is 2.54. The lowest BCUT2D eigenvalue weighted by Gasteiger charge is -2.33. The third-order valence-electron chi connectivity index (χ3n) is 22.8. The number of hydrogen-bond acceptors (Lipinski definition) is 7. The standard InChI is InChI=1S/C51H37NO2Si.C48H31NO3Si/c1-51(2)42-21-11-9-19-39(42)41-33-38(29-30-43(41)51)55(37-27-25-36(26-28-37)52(34-15-5-3-6-16-34)35-17-7-4-8-18-35)47-24-14-10-20-40(47)49-48(55)32-31-46-50(49)54-45-23-13-12-22-44(45)53-46;1-3-13-32(14-4-1)49(33-15-5-2-6-16-33)34-23-25-35(26-24-34)53(36-27-28-38-37-17-7-9-19-40(37)50-44(38)31-36)45-22-12-8-18-39(45)47-46(53)30-29-43-48(47)52-42-21-11-10-20-41(42)51-43/h3-33H,1-2H3;1-31H. The van der Waals surface area contributed by atoms with Gasteiger partial charge in [0.2, 0.25) is 0 Å². The first-order valence-electron chi connectivity index (χ1n) is 36.9. The average Bonchev–Trinajstić information content (AvgIpc) is 1.54. The first-order chi connectivity index (χ1) is 53.3. The first-order valence-corrected chi connectivity index (χ1v) is 40.9.